The average molecular weight is 545 g/mol. The molecule has 1 N–H and O–H groups in total. The zero-order valence-corrected chi connectivity index (χ0v) is 21.1. The standard InChI is InChI=1S/C25H31N5O.HI/c1-20-8-6-7-11-22(20)23-19-30(16-17-31-23)25(26-2)28-13-12-24-27-14-15-29(24)18-21-9-4-3-5-10-21;/h3-11,14-15,23H,12-13,16-19H2,1-2H3,(H,26,28);1H. The van der Waals surface area contributed by atoms with E-state index >= 15 is 0 Å². The van der Waals surface area contributed by atoms with Gasteiger partial charge in [-0.2, -0.15) is 0 Å². The maximum atomic E-state index is 6.07. The summed E-state index contributed by atoms with van der Waals surface area (Å²) in [4.78, 5) is 11.4. The van der Waals surface area contributed by atoms with Crippen LogP contribution in [0.1, 0.15) is 28.6 Å². The number of aryl methyl sites for hydroxylation is 1. The average Bonchev–Trinajstić information content (AvgIpc) is 3.24. The summed E-state index contributed by atoms with van der Waals surface area (Å²) < 4.78 is 8.28. The van der Waals surface area contributed by atoms with Gasteiger partial charge in [0.15, 0.2) is 5.96 Å². The minimum absolute atomic E-state index is 0. The van der Waals surface area contributed by atoms with Gasteiger partial charge in [-0.25, -0.2) is 4.98 Å². The van der Waals surface area contributed by atoms with Crippen molar-refractivity contribution in [3.8, 4) is 0 Å². The molecule has 2 heterocycles. The Labute approximate surface area is 207 Å². The van der Waals surface area contributed by atoms with Crippen molar-refractivity contribution in [2.75, 3.05) is 33.3 Å². The molecular weight excluding hydrogens is 513 g/mol. The maximum Gasteiger partial charge on any atom is 0.193 e. The summed E-state index contributed by atoms with van der Waals surface area (Å²) in [5.74, 6) is 2.00. The minimum atomic E-state index is 0. The molecule has 1 unspecified atom stereocenters. The van der Waals surface area contributed by atoms with Crippen LogP contribution >= 0.6 is 24.0 Å². The summed E-state index contributed by atoms with van der Waals surface area (Å²) in [6.45, 7) is 6.10. The number of aromatic nitrogens is 2. The first-order chi connectivity index (χ1) is 15.2. The van der Waals surface area contributed by atoms with E-state index in [1.165, 1.54) is 16.7 Å². The Morgan fingerprint density at radius 1 is 1.16 bits per heavy atom. The van der Waals surface area contributed by atoms with E-state index in [-0.39, 0.29) is 30.1 Å². The predicted octanol–water partition coefficient (Wildman–Crippen LogP) is 4.05. The molecule has 1 saturated heterocycles. The summed E-state index contributed by atoms with van der Waals surface area (Å²) >= 11 is 0. The topological polar surface area (TPSA) is 54.7 Å². The van der Waals surface area contributed by atoms with E-state index in [4.69, 9.17) is 4.74 Å². The van der Waals surface area contributed by atoms with Crippen molar-refractivity contribution in [1.29, 1.82) is 0 Å². The van der Waals surface area contributed by atoms with Gasteiger partial charge in [0.1, 0.15) is 11.9 Å². The summed E-state index contributed by atoms with van der Waals surface area (Å²) in [6.07, 6.45) is 4.83. The highest BCUT2D eigenvalue weighted by Crippen LogP contribution is 2.24. The summed E-state index contributed by atoms with van der Waals surface area (Å²) in [5.41, 5.74) is 3.80. The lowest BCUT2D eigenvalue weighted by atomic mass is 10.0. The van der Waals surface area contributed by atoms with Crippen LogP contribution in [0.5, 0.6) is 0 Å². The van der Waals surface area contributed by atoms with Crippen molar-refractivity contribution in [1.82, 2.24) is 19.8 Å². The van der Waals surface area contributed by atoms with Gasteiger partial charge in [-0.05, 0) is 23.6 Å². The van der Waals surface area contributed by atoms with Crippen LogP contribution in [0, 0.1) is 6.92 Å². The van der Waals surface area contributed by atoms with Gasteiger partial charge in [0.2, 0.25) is 0 Å². The highest BCUT2D eigenvalue weighted by atomic mass is 127. The summed E-state index contributed by atoms with van der Waals surface area (Å²) in [6, 6.07) is 18.9. The lowest BCUT2D eigenvalue weighted by molar-refractivity contribution is -0.00829. The van der Waals surface area contributed by atoms with Crippen LogP contribution in [-0.4, -0.2) is 53.7 Å². The molecule has 0 spiro atoms. The van der Waals surface area contributed by atoms with E-state index in [1.54, 1.807) is 0 Å². The van der Waals surface area contributed by atoms with E-state index in [9.17, 15) is 0 Å². The van der Waals surface area contributed by atoms with Crippen LogP contribution in [0.3, 0.4) is 0 Å². The number of morpholine rings is 1. The van der Waals surface area contributed by atoms with Gasteiger partial charge in [-0.3, -0.25) is 4.99 Å². The molecule has 1 atom stereocenters. The molecule has 1 aromatic heterocycles. The normalized spacial score (nSPS) is 16.5. The second-order valence-corrected chi connectivity index (χ2v) is 7.84. The van der Waals surface area contributed by atoms with Crippen LogP contribution in [0.25, 0.3) is 0 Å². The summed E-state index contributed by atoms with van der Waals surface area (Å²) in [5, 5.41) is 3.52. The van der Waals surface area contributed by atoms with Crippen molar-refractivity contribution in [3.05, 3.63) is 89.5 Å². The molecule has 0 aliphatic carbocycles. The zero-order valence-electron chi connectivity index (χ0n) is 18.8. The fourth-order valence-corrected chi connectivity index (χ4v) is 4.09. The molecule has 0 bridgehead atoms. The molecule has 2 aromatic carbocycles. The molecular formula is C25H32IN5O. The molecule has 32 heavy (non-hydrogen) atoms. The highest BCUT2D eigenvalue weighted by molar-refractivity contribution is 14.0. The first-order valence-corrected chi connectivity index (χ1v) is 10.9. The second-order valence-electron chi connectivity index (χ2n) is 7.84. The number of halogens is 1. The van der Waals surface area contributed by atoms with Crippen LogP contribution in [0.2, 0.25) is 0 Å². The third-order valence-corrected chi connectivity index (χ3v) is 5.74. The molecule has 1 aliphatic rings. The highest BCUT2D eigenvalue weighted by Gasteiger charge is 2.25. The Morgan fingerprint density at radius 3 is 2.72 bits per heavy atom. The first-order valence-electron chi connectivity index (χ1n) is 10.9. The van der Waals surface area contributed by atoms with Crippen LogP contribution in [0.15, 0.2) is 72.0 Å². The fraction of sp³-hybridized carbons (Fsp3) is 0.360. The lowest BCUT2D eigenvalue weighted by Crippen LogP contribution is -2.48. The Kier molecular flexibility index (Phi) is 9.11. The second kappa shape index (κ2) is 12.0. The van der Waals surface area contributed by atoms with Gasteiger partial charge in [-0.15, -0.1) is 24.0 Å². The molecule has 0 amide bonds. The van der Waals surface area contributed by atoms with E-state index in [1.807, 2.05) is 25.5 Å². The molecule has 170 valence electrons. The van der Waals surface area contributed by atoms with E-state index in [0.29, 0.717) is 6.61 Å². The number of benzene rings is 2. The number of nitrogens with one attached hydrogen (secondary N) is 1. The molecule has 7 heteroatoms. The Morgan fingerprint density at radius 2 is 1.94 bits per heavy atom. The SMILES string of the molecule is CN=C(NCCc1nccn1Cc1ccccc1)N1CCOC(c2ccccc2C)C1.I. The molecule has 3 aromatic rings. The maximum absolute atomic E-state index is 6.07. The number of rotatable bonds is 6. The number of hydrogen-bond acceptors (Lipinski definition) is 3. The van der Waals surface area contributed by atoms with Crippen molar-refractivity contribution >= 4 is 29.9 Å². The van der Waals surface area contributed by atoms with Gasteiger partial charge in [0.25, 0.3) is 0 Å². The predicted molar refractivity (Wildman–Crippen MR) is 140 cm³/mol. The van der Waals surface area contributed by atoms with E-state index < -0.39 is 0 Å². The van der Waals surface area contributed by atoms with Crippen LogP contribution in [0.4, 0.5) is 0 Å². The third kappa shape index (κ3) is 6.10. The monoisotopic (exact) mass is 545 g/mol. The number of ether oxygens (including phenoxy) is 1. The molecule has 6 nitrogen and oxygen atoms in total. The Bertz CT molecular complexity index is 1000. The quantitative estimate of drug-likeness (QED) is 0.289. The minimum Gasteiger partial charge on any atom is -0.370 e. The van der Waals surface area contributed by atoms with Crippen LogP contribution < -0.4 is 5.32 Å². The van der Waals surface area contributed by atoms with Gasteiger partial charge >= 0.3 is 0 Å². The van der Waals surface area contributed by atoms with Crippen molar-refractivity contribution in [3.63, 3.8) is 0 Å². The van der Waals surface area contributed by atoms with Crippen LogP contribution in [-0.2, 0) is 17.7 Å². The van der Waals surface area contributed by atoms with Gasteiger partial charge in [-0.1, -0.05) is 54.6 Å². The number of hydrogen-bond donors (Lipinski definition) is 1. The summed E-state index contributed by atoms with van der Waals surface area (Å²) in [7, 11) is 1.84. The largest absolute Gasteiger partial charge is 0.370 e. The van der Waals surface area contributed by atoms with E-state index in [2.05, 4.69) is 80.2 Å². The van der Waals surface area contributed by atoms with Crippen molar-refractivity contribution in [2.24, 2.45) is 4.99 Å². The molecule has 0 saturated carbocycles. The number of aliphatic imine (C=N–C) groups is 1. The first kappa shape index (κ1) is 24.3. The van der Waals surface area contributed by atoms with Crippen molar-refractivity contribution < 1.29 is 4.74 Å². The fourth-order valence-electron chi connectivity index (χ4n) is 4.09. The number of nitrogens with zero attached hydrogens (tertiary/aromatic N) is 4. The molecule has 1 aliphatic heterocycles. The lowest BCUT2D eigenvalue weighted by Gasteiger charge is -2.35. The molecule has 4 rings (SSSR count). The van der Waals surface area contributed by atoms with E-state index in [0.717, 1.165) is 44.4 Å². The van der Waals surface area contributed by atoms with Gasteiger partial charge < -0.3 is 19.5 Å². The smallest absolute Gasteiger partial charge is 0.193 e. The molecule has 0 radical (unpaired) electrons. The van der Waals surface area contributed by atoms with Crippen molar-refractivity contribution in [2.45, 2.75) is 26.0 Å². The zero-order chi connectivity index (χ0) is 21.5. The number of imidazole rings is 1. The Balaban J connectivity index is 0.00000289. The Hall–Kier alpha value is -2.39. The molecule has 1 fully saturated rings. The number of guanidine groups is 1. The third-order valence-electron chi connectivity index (χ3n) is 5.74. The van der Waals surface area contributed by atoms with Gasteiger partial charge in [0.05, 0.1) is 13.2 Å². The van der Waals surface area contributed by atoms with Gasteiger partial charge in [0, 0.05) is 45.5 Å².